The molecular weight excluding hydrogens is 357 g/mol. The van der Waals surface area contributed by atoms with Gasteiger partial charge in [-0.3, -0.25) is 4.79 Å². The van der Waals surface area contributed by atoms with Crippen LogP contribution in [0.15, 0.2) is 53.1 Å². The largest absolute Gasteiger partial charge is 0.444 e. The summed E-state index contributed by atoms with van der Waals surface area (Å²) in [4.78, 5) is 16.6. The molecule has 0 bridgehead atoms. The van der Waals surface area contributed by atoms with E-state index in [4.69, 9.17) is 4.42 Å². The van der Waals surface area contributed by atoms with Gasteiger partial charge in [0.05, 0.1) is 5.56 Å². The van der Waals surface area contributed by atoms with Crippen LogP contribution in [0, 0.1) is 6.92 Å². The van der Waals surface area contributed by atoms with E-state index in [0.717, 1.165) is 35.4 Å². The van der Waals surface area contributed by atoms with Gasteiger partial charge in [-0.1, -0.05) is 25.1 Å². The molecule has 0 aliphatic carbocycles. The Bertz CT molecular complexity index is 960. The second-order valence-corrected chi connectivity index (χ2v) is 6.03. The van der Waals surface area contributed by atoms with Crippen LogP contribution in [-0.2, 0) is 12.6 Å². The number of aromatic nitrogens is 1. The number of aryl methyl sites for hydroxylation is 2. The SMILES string of the molecule is CCc1cccc(C)c1NC(=O)c1coc(-c2ccc(C(F)(F)F)cc2)n1. The highest BCUT2D eigenvalue weighted by molar-refractivity contribution is 6.03. The molecule has 0 saturated heterocycles. The maximum atomic E-state index is 12.6. The molecule has 4 nitrogen and oxygen atoms in total. The van der Waals surface area contributed by atoms with E-state index in [1.807, 2.05) is 32.0 Å². The number of hydrogen-bond acceptors (Lipinski definition) is 3. The molecule has 2 aromatic carbocycles. The van der Waals surface area contributed by atoms with Gasteiger partial charge in [-0.2, -0.15) is 13.2 Å². The summed E-state index contributed by atoms with van der Waals surface area (Å²) in [6.45, 7) is 3.88. The Morgan fingerprint density at radius 2 is 1.85 bits per heavy atom. The second-order valence-electron chi connectivity index (χ2n) is 6.03. The third-order valence-electron chi connectivity index (χ3n) is 4.17. The molecule has 1 N–H and O–H groups in total. The monoisotopic (exact) mass is 374 g/mol. The Morgan fingerprint density at radius 3 is 2.48 bits per heavy atom. The highest BCUT2D eigenvalue weighted by atomic mass is 19.4. The number of rotatable bonds is 4. The molecule has 1 amide bonds. The summed E-state index contributed by atoms with van der Waals surface area (Å²) in [7, 11) is 0. The molecule has 0 saturated carbocycles. The van der Waals surface area contributed by atoms with Crippen LogP contribution in [0.3, 0.4) is 0 Å². The van der Waals surface area contributed by atoms with E-state index < -0.39 is 17.6 Å². The van der Waals surface area contributed by atoms with Crippen molar-refractivity contribution in [2.75, 3.05) is 5.32 Å². The number of amides is 1. The number of halogens is 3. The van der Waals surface area contributed by atoms with Crippen molar-refractivity contribution < 1.29 is 22.4 Å². The zero-order chi connectivity index (χ0) is 19.6. The van der Waals surface area contributed by atoms with Gasteiger partial charge in [0.1, 0.15) is 6.26 Å². The molecular formula is C20H17F3N2O2. The van der Waals surface area contributed by atoms with Gasteiger partial charge in [-0.25, -0.2) is 4.98 Å². The van der Waals surface area contributed by atoms with Crippen LogP contribution in [0.25, 0.3) is 11.5 Å². The lowest BCUT2D eigenvalue weighted by Crippen LogP contribution is -2.14. The van der Waals surface area contributed by atoms with E-state index in [1.165, 1.54) is 18.4 Å². The fraction of sp³-hybridized carbons (Fsp3) is 0.200. The molecule has 7 heteroatoms. The van der Waals surface area contributed by atoms with Crippen LogP contribution < -0.4 is 5.32 Å². The summed E-state index contributed by atoms with van der Waals surface area (Å²) in [5.74, 6) is -0.365. The molecule has 3 aromatic rings. The Labute approximate surface area is 154 Å². The van der Waals surface area contributed by atoms with Crippen molar-refractivity contribution in [2.24, 2.45) is 0 Å². The molecule has 3 rings (SSSR count). The molecule has 0 unspecified atom stereocenters. The smallest absolute Gasteiger partial charge is 0.416 e. The lowest BCUT2D eigenvalue weighted by molar-refractivity contribution is -0.137. The summed E-state index contributed by atoms with van der Waals surface area (Å²) in [5, 5.41) is 2.83. The quantitative estimate of drug-likeness (QED) is 0.658. The number of oxazole rings is 1. The predicted octanol–water partition coefficient (Wildman–Crippen LogP) is 5.48. The van der Waals surface area contributed by atoms with Crippen molar-refractivity contribution in [1.82, 2.24) is 4.98 Å². The minimum Gasteiger partial charge on any atom is -0.444 e. The highest BCUT2D eigenvalue weighted by Gasteiger charge is 2.30. The molecule has 1 aromatic heterocycles. The Morgan fingerprint density at radius 1 is 1.15 bits per heavy atom. The number of alkyl halides is 3. The van der Waals surface area contributed by atoms with E-state index in [-0.39, 0.29) is 11.6 Å². The van der Waals surface area contributed by atoms with Gasteiger partial charge < -0.3 is 9.73 Å². The molecule has 0 atom stereocenters. The Balaban J connectivity index is 1.81. The van der Waals surface area contributed by atoms with Gasteiger partial charge in [0.25, 0.3) is 5.91 Å². The zero-order valence-electron chi connectivity index (χ0n) is 14.7. The first-order chi connectivity index (χ1) is 12.8. The second kappa shape index (κ2) is 7.26. The van der Waals surface area contributed by atoms with Gasteiger partial charge in [-0.15, -0.1) is 0 Å². The average molecular weight is 374 g/mol. The van der Waals surface area contributed by atoms with E-state index in [2.05, 4.69) is 10.3 Å². The van der Waals surface area contributed by atoms with Crippen molar-refractivity contribution in [3.05, 3.63) is 71.1 Å². The van der Waals surface area contributed by atoms with E-state index in [0.29, 0.717) is 5.56 Å². The van der Waals surface area contributed by atoms with Crippen molar-refractivity contribution in [3.8, 4) is 11.5 Å². The molecule has 0 spiro atoms. The van der Waals surface area contributed by atoms with Gasteiger partial charge >= 0.3 is 6.18 Å². The molecule has 27 heavy (non-hydrogen) atoms. The lowest BCUT2D eigenvalue weighted by Gasteiger charge is -2.11. The van der Waals surface area contributed by atoms with Crippen LogP contribution in [0.4, 0.5) is 18.9 Å². The number of para-hydroxylation sites is 1. The molecule has 0 fully saturated rings. The van der Waals surface area contributed by atoms with Gasteiger partial charge in [-0.05, 0) is 48.7 Å². The fourth-order valence-corrected chi connectivity index (χ4v) is 2.69. The van der Waals surface area contributed by atoms with Gasteiger partial charge in [0, 0.05) is 11.3 Å². The molecule has 0 aliphatic heterocycles. The van der Waals surface area contributed by atoms with Crippen LogP contribution in [0.1, 0.15) is 34.1 Å². The van der Waals surface area contributed by atoms with Gasteiger partial charge in [0.15, 0.2) is 5.69 Å². The molecule has 1 heterocycles. The number of anilines is 1. The minimum atomic E-state index is -4.41. The maximum absolute atomic E-state index is 12.6. The highest BCUT2D eigenvalue weighted by Crippen LogP contribution is 2.31. The third-order valence-corrected chi connectivity index (χ3v) is 4.17. The van der Waals surface area contributed by atoms with Crippen LogP contribution in [0.5, 0.6) is 0 Å². The summed E-state index contributed by atoms with van der Waals surface area (Å²) in [5.41, 5.74) is 2.29. The summed E-state index contributed by atoms with van der Waals surface area (Å²) >= 11 is 0. The summed E-state index contributed by atoms with van der Waals surface area (Å²) < 4.78 is 43.2. The van der Waals surface area contributed by atoms with Crippen molar-refractivity contribution in [2.45, 2.75) is 26.4 Å². The molecule has 0 radical (unpaired) electrons. The fourth-order valence-electron chi connectivity index (χ4n) is 2.69. The van der Waals surface area contributed by atoms with Crippen LogP contribution in [-0.4, -0.2) is 10.9 Å². The van der Waals surface area contributed by atoms with Crippen LogP contribution >= 0.6 is 0 Å². The van der Waals surface area contributed by atoms with E-state index in [1.54, 1.807) is 0 Å². The van der Waals surface area contributed by atoms with Gasteiger partial charge in [0.2, 0.25) is 5.89 Å². The Hall–Kier alpha value is -3.09. The van der Waals surface area contributed by atoms with Crippen molar-refractivity contribution in [1.29, 1.82) is 0 Å². The van der Waals surface area contributed by atoms with E-state index >= 15 is 0 Å². The first-order valence-electron chi connectivity index (χ1n) is 8.32. The number of benzene rings is 2. The number of carbonyl (C=O) groups excluding carboxylic acids is 1. The lowest BCUT2D eigenvalue weighted by atomic mass is 10.1. The number of nitrogens with one attached hydrogen (secondary N) is 1. The van der Waals surface area contributed by atoms with E-state index in [9.17, 15) is 18.0 Å². The minimum absolute atomic E-state index is 0.0511. The number of carbonyl (C=O) groups is 1. The summed E-state index contributed by atoms with van der Waals surface area (Å²) in [6.07, 6.45) is -2.47. The third kappa shape index (κ3) is 4.02. The Kier molecular flexibility index (Phi) is 5.03. The van der Waals surface area contributed by atoms with Crippen molar-refractivity contribution in [3.63, 3.8) is 0 Å². The standard InChI is InChI=1S/C20H17F3N2O2/c1-3-13-6-4-5-12(2)17(13)25-18(26)16-11-27-19(24-16)14-7-9-15(10-8-14)20(21,22)23/h4-11H,3H2,1-2H3,(H,25,26). The normalized spacial score (nSPS) is 11.4. The predicted molar refractivity (Wildman–Crippen MR) is 95.5 cm³/mol. The number of nitrogens with zero attached hydrogens (tertiary/aromatic N) is 1. The first kappa shape index (κ1) is 18.7. The summed E-state index contributed by atoms with van der Waals surface area (Å²) in [6, 6.07) is 10.1. The average Bonchev–Trinajstić information content (AvgIpc) is 3.13. The molecule has 140 valence electrons. The topological polar surface area (TPSA) is 55.1 Å². The maximum Gasteiger partial charge on any atom is 0.416 e. The van der Waals surface area contributed by atoms with Crippen molar-refractivity contribution >= 4 is 11.6 Å². The first-order valence-corrected chi connectivity index (χ1v) is 8.32. The molecule has 0 aliphatic rings. The van der Waals surface area contributed by atoms with Crippen LogP contribution in [0.2, 0.25) is 0 Å². The number of hydrogen-bond donors (Lipinski definition) is 1. The zero-order valence-corrected chi connectivity index (χ0v) is 14.7.